The van der Waals surface area contributed by atoms with E-state index in [9.17, 15) is 19.2 Å². The molecule has 0 fully saturated rings. The van der Waals surface area contributed by atoms with Gasteiger partial charge >= 0.3 is 0 Å². The van der Waals surface area contributed by atoms with Crippen LogP contribution in [0.15, 0.2) is 12.1 Å². The van der Waals surface area contributed by atoms with Gasteiger partial charge in [0.1, 0.15) is 12.3 Å². The van der Waals surface area contributed by atoms with Gasteiger partial charge in [-0.1, -0.05) is 12.0 Å². The molecule has 0 saturated carbocycles. The van der Waals surface area contributed by atoms with E-state index in [4.69, 9.17) is 0 Å². The summed E-state index contributed by atoms with van der Waals surface area (Å²) in [6.45, 7) is 1.58. The number of benzene rings is 1. The van der Waals surface area contributed by atoms with Crippen molar-refractivity contribution < 1.29 is 89.3 Å². The number of fused-ring (bicyclic) bond motifs is 1. The molecular formula is C16H16N2O5Y2-2. The first kappa shape index (κ1) is 24.5. The van der Waals surface area contributed by atoms with Gasteiger partial charge in [0.15, 0.2) is 0 Å². The third kappa shape index (κ3) is 6.02. The molecule has 0 saturated heterocycles. The number of likely N-dealkylation sites (N-methyl/N-ethyl adjacent to an activating group) is 1. The number of aldehydes is 1. The number of nitrogens with zero attached hydrogens (tertiary/aromatic N) is 1. The molecule has 0 aromatic heterocycles. The summed E-state index contributed by atoms with van der Waals surface area (Å²) in [7, 11) is 1.49. The molecule has 1 atom stereocenters. The third-order valence-electron chi connectivity index (χ3n) is 3.70. The van der Waals surface area contributed by atoms with E-state index < -0.39 is 6.04 Å². The van der Waals surface area contributed by atoms with E-state index in [0.29, 0.717) is 11.1 Å². The Labute approximate surface area is 196 Å². The first-order chi connectivity index (χ1) is 11.1. The molecule has 1 aromatic rings. The summed E-state index contributed by atoms with van der Waals surface area (Å²) in [5, 5.41) is 2.52. The normalized spacial score (nSPS) is 13.0. The van der Waals surface area contributed by atoms with E-state index in [-0.39, 0.29) is 103 Å². The van der Waals surface area contributed by atoms with Gasteiger partial charge in [0.05, 0.1) is 6.61 Å². The molecule has 1 aliphatic rings. The standard InChI is InChI=1S/C16H16N2O5.2Y/c1-17-15(21)14(3-2-6-19)18-8-12-5-4-11(9-23-10-20)7-13(12)16(18)22;;/h5-7,14H,2-3,8-9H2,1H3,(H,17,21);;/q-2;;. The van der Waals surface area contributed by atoms with Gasteiger partial charge in [-0.25, -0.2) is 0 Å². The predicted octanol–water partition coefficient (Wildman–Crippen LogP) is 0.115. The molecule has 0 aliphatic carbocycles. The number of nitrogens with one attached hydrogen (secondary N) is 1. The van der Waals surface area contributed by atoms with Gasteiger partial charge in [-0.3, -0.25) is 9.59 Å². The topological polar surface area (TPSA) is 92.8 Å². The maximum absolute atomic E-state index is 12.6. The first-order valence-electron chi connectivity index (χ1n) is 7.11. The summed E-state index contributed by atoms with van der Waals surface area (Å²) in [5.74, 6) is -0.596. The molecule has 128 valence electrons. The molecule has 7 nitrogen and oxygen atoms in total. The molecule has 25 heavy (non-hydrogen) atoms. The fourth-order valence-corrected chi connectivity index (χ4v) is 2.57. The van der Waals surface area contributed by atoms with Gasteiger partial charge in [0.25, 0.3) is 0 Å². The average molecular weight is 494 g/mol. The summed E-state index contributed by atoms with van der Waals surface area (Å²) in [4.78, 5) is 46.7. The molecule has 2 rings (SSSR count). The molecule has 2 radical (unpaired) electrons. The van der Waals surface area contributed by atoms with Crippen molar-refractivity contribution in [1.29, 1.82) is 0 Å². The predicted molar refractivity (Wildman–Crippen MR) is 78.8 cm³/mol. The Bertz CT molecular complexity index is 639. The molecule has 1 aliphatic heterocycles. The van der Waals surface area contributed by atoms with Crippen LogP contribution in [0.2, 0.25) is 0 Å². The molecule has 2 amide bonds. The Morgan fingerprint density at radius 2 is 2.24 bits per heavy atom. The van der Waals surface area contributed by atoms with Crippen LogP contribution >= 0.6 is 0 Å². The summed E-state index contributed by atoms with van der Waals surface area (Å²) >= 11 is 0. The van der Waals surface area contributed by atoms with Crippen LogP contribution in [0.25, 0.3) is 0 Å². The van der Waals surface area contributed by atoms with Crippen LogP contribution in [-0.4, -0.2) is 42.6 Å². The van der Waals surface area contributed by atoms with Crippen LogP contribution in [0.1, 0.15) is 34.3 Å². The largest absolute Gasteiger partial charge is 0.651 e. The summed E-state index contributed by atoms with van der Waals surface area (Å²) in [5.41, 5.74) is 1.74. The van der Waals surface area contributed by atoms with Crippen LogP contribution in [0.4, 0.5) is 0 Å². The minimum Gasteiger partial charge on any atom is -0.651 e. The zero-order chi connectivity index (χ0) is 16.8. The van der Waals surface area contributed by atoms with Crippen LogP contribution < -0.4 is 5.32 Å². The van der Waals surface area contributed by atoms with Gasteiger partial charge < -0.3 is 24.5 Å². The molecule has 1 heterocycles. The fraction of sp³-hybridized carbons (Fsp3) is 0.375. The van der Waals surface area contributed by atoms with Gasteiger partial charge in [-0.2, -0.15) is 18.2 Å². The maximum atomic E-state index is 12.6. The number of hydrogen-bond acceptors (Lipinski definition) is 5. The van der Waals surface area contributed by atoms with Gasteiger partial charge in [0, 0.05) is 85.4 Å². The van der Waals surface area contributed by atoms with Gasteiger partial charge in [-0.05, 0) is 6.42 Å². The second kappa shape index (κ2) is 12.0. The number of carbonyl (C=O) groups is 3. The number of amides is 2. The van der Waals surface area contributed by atoms with Crippen molar-refractivity contribution in [1.82, 2.24) is 10.2 Å². The van der Waals surface area contributed by atoms with E-state index in [1.165, 1.54) is 18.4 Å². The smallest absolute Gasteiger partial charge is 0.242 e. The Morgan fingerprint density at radius 1 is 1.52 bits per heavy atom. The number of rotatable bonds is 8. The van der Waals surface area contributed by atoms with E-state index >= 15 is 0 Å². The molecule has 9 heteroatoms. The van der Waals surface area contributed by atoms with Gasteiger partial charge in [0.2, 0.25) is 11.8 Å². The van der Waals surface area contributed by atoms with Crippen molar-refractivity contribution in [2.24, 2.45) is 0 Å². The zero-order valence-corrected chi connectivity index (χ0v) is 19.5. The van der Waals surface area contributed by atoms with Gasteiger partial charge in [-0.15, -0.1) is 11.1 Å². The zero-order valence-electron chi connectivity index (χ0n) is 13.8. The van der Waals surface area contributed by atoms with E-state index in [1.807, 2.05) is 0 Å². The van der Waals surface area contributed by atoms with E-state index in [1.54, 1.807) is 12.1 Å². The Hall–Kier alpha value is -0.492. The number of ether oxygens (including phenoxy) is 1. The van der Waals surface area contributed by atoms with Crippen molar-refractivity contribution in [3.05, 3.63) is 34.9 Å². The van der Waals surface area contributed by atoms with E-state index in [0.717, 1.165) is 11.8 Å². The quantitative estimate of drug-likeness (QED) is 0.410. The van der Waals surface area contributed by atoms with Crippen molar-refractivity contribution in [3.63, 3.8) is 0 Å². The van der Waals surface area contributed by atoms with Crippen LogP contribution in [0, 0.1) is 6.07 Å². The molecular weight excluding hydrogens is 478 g/mol. The minimum atomic E-state index is -0.701. The SMILES string of the molecule is CNC(=O)C(CCC=O)N1Cc2c[c-]c(CO[C-]=O)cc2C1=O.[Y].[Y]. The second-order valence-electron chi connectivity index (χ2n) is 5.08. The number of carbonyl (C=O) groups excluding carboxylic acids is 4. The van der Waals surface area contributed by atoms with Crippen molar-refractivity contribution >= 4 is 24.6 Å². The van der Waals surface area contributed by atoms with Crippen molar-refractivity contribution in [2.75, 3.05) is 7.05 Å². The molecule has 1 unspecified atom stereocenters. The summed E-state index contributed by atoms with van der Waals surface area (Å²) < 4.78 is 4.53. The summed E-state index contributed by atoms with van der Waals surface area (Å²) in [6.07, 6.45) is 1.18. The Morgan fingerprint density at radius 3 is 2.84 bits per heavy atom. The molecule has 0 spiro atoms. The fourth-order valence-electron chi connectivity index (χ4n) is 2.57. The Kier molecular flexibility index (Phi) is 11.8. The molecule has 1 N–H and O–H groups in total. The summed E-state index contributed by atoms with van der Waals surface area (Å²) in [6, 6.07) is 5.47. The maximum Gasteiger partial charge on any atom is 0.242 e. The molecule has 0 bridgehead atoms. The Balaban J connectivity index is 0.00000288. The van der Waals surface area contributed by atoms with Crippen LogP contribution in [0.5, 0.6) is 0 Å². The third-order valence-corrected chi connectivity index (χ3v) is 3.70. The number of hydrogen-bond donors (Lipinski definition) is 1. The molecule has 1 aromatic carbocycles. The van der Waals surface area contributed by atoms with E-state index in [2.05, 4.69) is 16.1 Å². The first-order valence-corrected chi connectivity index (χ1v) is 7.11. The minimum absolute atomic E-state index is 0. The second-order valence-corrected chi connectivity index (χ2v) is 5.08. The monoisotopic (exact) mass is 494 g/mol. The van der Waals surface area contributed by atoms with Crippen molar-refractivity contribution in [2.45, 2.75) is 32.0 Å². The van der Waals surface area contributed by atoms with Crippen LogP contribution in [-0.2, 0) is 97.7 Å². The van der Waals surface area contributed by atoms with Crippen molar-refractivity contribution in [3.8, 4) is 0 Å². The average Bonchev–Trinajstić information content (AvgIpc) is 2.89. The van der Waals surface area contributed by atoms with Crippen LogP contribution in [0.3, 0.4) is 0 Å².